The summed E-state index contributed by atoms with van der Waals surface area (Å²) < 4.78 is 12.2. The van der Waals surface area contributed by atoms with Crippen LogP contribution >= 0.6 is 11.8 Å². The van der Waals surface area contributed by atoms with Crippen LogP contribution in [0.2, 0.25) is 0 Å². The molecule has 7 heteroatoms. The van der Waals surface area contributed by atoms with Crippen LogP contribution in [0.15, 0.2) is 23.8 Å². The summed E-state index contributed by atoms with van der Waals surface area (Å²) >= 11 is 1.24. The van der Waals surface area contributed by atoms with Gasteiger partial charge >= 0.3 is 7.12 Å². The topological polar surface area (TPSA) is 74.4 Å². The lowest BCUT2D eigenvalue weighted by atomic mass is 9.78. The normalized spacial score (nSPS) is 19.9. The molecule has 0 spiro atoms. The third kappa shape index (κ3) is 4.37. The monoisotopic (exact) mass is 334 g/mol. The predicted octanol–water partition coefficient (Wildman–Crippen LogP) is 2.96. The molecule has 1 aromatic rings. The van der Waals surface area contributed by atoms with Gasteiger partial charge in [-0.1, -0.05) is 17.8 Å². The van der Waals surface area contributed by atoms with Crippen LogP contribution in [0.3, 0.4) is 0 Å². The second-order valence-corrected chi connectivity index (χ2v) is 7.75. The van der Waals surface area contributed by atoms with Gasteiger partial charge in [0, 0.05) is 18.9 Å². The smallest absolute Gasteiger partial charge is 0.400 e. The molecule has 1 aliphatic rings. The Kier molecular flexibility index (Phi) is 5.23. The molecule has 0 saturated carbocycles. The first-order valence-corrected chi connectivity index (χ1v) is 8.50. The number of rotatable bonds is 4. The van der Waals surface area contributed by atoms with Crippen LogP contribution in [-0.4, -0.2) is 34.2 Å². The first-order chi connectivity index (χ1) is 10.6. The number of hydrogen-bond donors (Lipinski definition) is 1. The second-order valence-electron chi connectivity index (χ2n) is 6.60. The molecule has 0 aliphatic carbocycles. The molecule has 0 unspecified atom stereocenters. The summed E-state index contributed by atoms with van der Waals surface area (Å²) in [7, 11) is -0.485. The molecular weight excluding hydrogens is 311 g/mol. The molecule has 2 rings (SSSR count). The summed E-state index contributed by atoms with van der Waals surface area (Å²) in [6.07, 6.45) is 3.61. The first kappa shape index (κ1) is 18.0. The lowest BCUT2D eigenvalue weighted by Crippen LogP contribution is -2.41. The highest BCUT2D eigenvalue weighted by Gasteiger charge is 2.52. The van der Waals surface area contributed by atoms with E-state index < -0.39 is 18.3 Å². The van der Waals surface area contributed by atoms with Crippen molar-refractivity contribution in [1.29, 1.82) is 0 Å². The number of aromatic nitrogens is 1. The van der Waals surface area contributed by atoms with Crippen LogP contribution in [0.5, 0.6) is 0 Å². The van der Waals surface area contributed by atoms with Gasteiger partial charge in [0.2, 0.25) is 0 Å². The van der Waals surface area contributed by atoms with Crippen molar-refractivity contribution < 1.29 is 14.1 Å². The van der Waals surface area contributed by atoms with Gasteiger partial charge in [0.15, 0.2) is 5.12 Å². The number of nitrogen functional groups attached to an aromatic ring is 1. The Labute approximate surface area is 142 Å². The standard InChI is InChI=1S/C16H23BN2O3S/c1-11(20)23-10-13(8-12-6-7-19-14(18)9-12)17-21-15(2,3)16(4,5)22-17/h6-9H,10H2,1-5H3,(H2,18,19). The van der Waals surface area contributed by atoms with Crippen LogP contribution in [0.4, 0.5) is 5.82 Å². The summed E-state index contributed by atoms with van der Waals surface area (Å²) in [6, 6.07) is 3.64. The Morgan fingerprint density at radius 1 is 1.35 bits per heavy atom. The minimum atomic E-state index is -0.485. The highest BCUT2D eigenvalue weighted by molar-refractivity contribution is 8.13. The molecule has 124 valence electrons. The maximum absolute atomic E-state index is 11.3. The van der Waals surface area contributed by atoms with Gasteiger partial charge in [0.25, 0.3) is 0 Å². The quantitative estimate of drug-likeness (QED) is 0.854. The highest BCUT2D eigenvalue weighted by Crippen LogP contribution is 2.39. The van der Waals surface area contributed by atoms with Gasteiger partial charge in [-0.2, -0.15) is 0 Å². The van der Waals surface area contributed by atoms with E-state index in [2.05, 4.69) is 4.98 Å². The zero-order chi connectivity index (χ0) is 17.3. The summed E-state index contributed by atoms with van der Waals surface area (Å²) in [5, 5.41) is 0.0571. The first-order valence-electron chi connectivity index (χ1n) is 7.52. The average molecular weight is 334 g/mol. The Bertz CT molecular complexity index is 616. The second kappa shape index (κ2) is 6.67. The van der Waals surface area contributed by atoms with E-state index in [1.54, 1.807) is 19.2 Å². The van der Waals surface area contributed by atoms with E-state index >= 15 is 0 Å². The highest BCUT2D eigenvalue weighted by atomic mass is 32.2. The van der Waals surface area contributed by atoms with Crippen molar-refractivity contribution >= 4 is 35.9 Å². The van der Waals surface area contributed by atoms with Crippen LogP contribution < -0.4 is 5.73 Å². The lowest BCUT2D eigenvalue weighted by Gasteiger charge is -2.32. The number of nitrogens with zero attached hydrogens (tertiary/aromatic N) is 1. The van der Waals surface area contributed by atoms with Gasteiger partial charge in [-0.05, 0) is 50.9 Å². The molecule has 0 bridgehead atoms. The maximum atomic E-state index is 11.3. The molecule has 2 heterocycles. The van der Waals surface area contributed by atoms with E-state index in [0.717, 1.165) is 11.0 Å². The molecule has 2 N–H and O–H groups in total. The minimum absolute atomic E-state index is 0.0571. The fourth-order valence-electron chi connectivity index (χ4n) is 2.13. The molecule has 1 aromatic heterocycles. The third-order valence-corrected chi connectivity index (χ3v) is 5.04. The fraction of sp³-hybridized carbons (Fsp3) is 0.500. The van der Waals surface area contributed by atoms with Gasteiger partial charge in [-0.25, -0.2) is 4.98 Å². The largest absolute Gasteiger partial charge is 0.491 e. The summed E-state index contributed by atoms with van der Waals surface area (Å²) in [4.78, 5) is 15.3. The SMILES string of the molecule is CC(=O)SCC(=Cc1ccnc(N)c1)B1OC(C)(C)C(C)(C)O1. The van der Waals surface area contributed by atoms with E-state index in [4.69, 9.17) is 15.0 Å². The Morgan fingerprint density at radius 3 is 2.48 bits per heavy atom. The number of hydrogen-bond acceptors (Lipinski definition) is 6. The number of anilines is 1. The van der Waals surface area contributed by atoms with Gasteiger partial charge in [0.1, 0.15) is 5.82 Å². The molecule has 5 nitrogen and oxygen atoms in total. The van der Waals surface area contributed by atoms with Crippen molar-refractivity contribution in [2.45, 2.75) is 45.8 Å². The van der Waals surface area contributed by atoms with Crippen LogP contribution in [0.1, 0.15) is 40.2 Å². The summed E-state index contributed by atoms with van der Waals surface area (Å²) in [5.41, 5.74) is 6.70. The van der Waals surface area contributed by atoms with Crippen molar-refractivity contribution in [2.75, 3.05) is 11.5 Å². The molecule has 1 aliphatic heterocycles. The zero-order valence-corrected chi connectivity index (χ0v) is 15.1. The number of pyridine rings is 1. The Hall–Kier alpha value is -1.31. The van der Waals surface area contributed by atoms with E-state index in [1.807, 2.05) is 39.8 Å². The molecule has 1 saturated heterocycles. The van der Waals surface area contributed by atoms with E-state index in [1.165, 1.54) is 11.8 Å². The summed E-state index contributed by atoms with van der Waals surface area (Å²) in [6.45, 7) is 9.58. The van der Waals surface area contributed by atoms with Crippen molar-refractivity contribution in [3.63, 3.8) is 0 Å². The molecule has 23 heavy (non-hydrogen) atoms. The molecule has 1 fully saturated rings. The van der Waals surface area contributed by atoms with Crippen molar-refractivity contribution in [1.82, 2.24) is 4.98 Å². The van der Waals surface area contributed by atoms with Gasteiger partial charge in [-0.15, -0.1) is 0 Å². The number of carbonyl (C=O) groups is 1. The third-order valence-electron chi connectivity index (χ3n) is 4.16. The Balaban J connectivity index is 2.30. The van der Waals surface area contributed by atoms with Crippen molar-refractivity contribution in [3.05, 3.63) is 29.4 Å². The predicted molar refractivity (Wildman–Crippen MR) is 95.8 cm³/mol. The van der Waals surface area contributed by atoms with Crippen molar-refractivity contribution in [3.8, 4) is 0 Å². The fourth-order valence-corrected chi connectivity index (χ4v) is 2.72. The lowest BCUT2D eigenvalue weighted by molar-refractivity contribution is -0.109. The number of carbonyl (C=O) groups excluding carboxylic acids is 1. The molecule has 0 aromatic carbocycles. The van der Waals surface area contributed by atoms with Gasteiger partial charge in [0.05, 0.1) is 11.2 Å². The van der Waals surface area contributed by atoms with Crippen LogP contribution in [-0.2, 0) is 14.1 Å². The number of thioether (sulfide) groups is 1. The molecular formula is C16H23BN2O3S. The van der Waals surface area contributed by atoms with E-state index in [0.29, 0.717) is 11.6 Å². The van der Waals surface area contributed by atoms with Crippen molar-refractivity contribution in [2.24, 2.45) is 0 Å². The average Bonchev–Trinajstić information content (AvgIpc) is 2.63. The molecule has 0 atom stereocenters. The van der Waals surface area contributed by atoms with E-state index in [9.17, 15) is 4.79 Å². The van der Waals surface area contributed by atoms with Gasteiger partial charge < -0.3 is 15.0 Å². The van der Waals surface area contributed by atoms with Crippen LogP contribution in [0, 0.1) is 0 Å². The molecule has 0 radical (unpaired) electrons. The zero-order valence-electron chi connectivity index (χ0n) is 14.3. The number of nitrogens with two attached hydrogens (primary N) is 1. The minimum Gasteiger partial charge on any atom is -0.400 e. The Morgan fingerprint density at radius 2 is 1.96 bits per heavy atom. The maximum Gasteiger partial charge on any atom is 0.491 e. The van der Waals surface area contributed by atoms with E-state index in [-0.39, 0.29) is 5.12 Å². The summed E-state index contributed by atoms with van der Waals surface area (Å²) in [5.74, 6) is 0.959. The van der Waals surface area contributed by atoms with Crippen LogP contribution in [0.25, 0.3) is 6.08 Å². The molecule has 0 amide bonds. The van der Waals surface area contributed by atoms with Gasteiger partial charge in [-0.3, -0.25) is 4.79 Å².